The van der Waals surface area contributed by atoms with E-state index in [-0.39, 0.29) is 12.1 Å². The lowest BCUT2D eigenvalue weighted by atomic mass is 9.95. The lowest BCUT2D eigenvalue weighted by molar-refractivity contribution is 0.208. The summed E-state index contributed by atoms with van der Waals surface area (Å²) in [5.74, 6) is 3.31. The molecule has 3 aromatic rings. The Morgan fingerprint density at radius 2 is 1.87 bits per heavy atom. The van der Waals surface area contributed by atoms with Crippen molar-refractivity contribution in [2.24, 2.45) is 5.92 Å². The number of fused-ring (bicyclic) bond motifs is 1. The first-order valence-electron chi connectivity index (χ1n) is 14.2. The molecule has 1 unspecified atom stereocenters. The second-order valence-electron chi connectivity index (χ2n) is 10.7. The van der Waals surface area contributed by atoms with Crippen LogP contribution in [0.15, 0.2) is 48.8 Å². The Morgan fingerprint density at radius 1 is 1.08 bits per heavy atom. The van der Waals surface area contributed by atoms with Gasteiger partial charge in [-0.05, 0) is 94.9 Å². The normalized spacial score (nSPS) is 17.9. The Balaban J connectivity index is 1.12. The average Bonchev–Trinajstić information content (AvgIpc) is 2.96. The van der Waals surface area contributed by atoms with Crippen LogP contribution in [-0.4, -0.2) is 72.9 Å². The molecule has 0 radical (unpaired) electrons. The van der Waals surface area contributed by atoms with Crippen molar-refractivity contribution in [3.8, 4) is 11.5 Å². The van der Waals surface area contributed by atoms with E-state index in [1.807, 2.05) is 55.1 Å². The van der Waals surface area contributed by atoms with E-state index in [0.29, 0.717) is 26.2 Å². The molecule has 9 nitrogen and oxygen atoms in total. The second-order valence-corrected chi connectivity index (χ2v) is 10.7. The van der Waals surface area contributed by atoms with Crippen LogP contribution in [-0.2, 0) is 0 Å². The van der Waals surface area contributed by atoms with Crippen LogP contribution in [0.1, 0.15) is 39.5 Å². The van der Waals surface area contributed by atoms with E-state index in [1.54, 1.807) is 6.33 Å². The number of urea groups is 1. The molecule has 1 aromatic heterocycles. The predicted octanol–water partition coefficient (Wildman–Crippen LogP) is 4.93. The molecule has 0 bridgehead atoms. The van der Waals surface area contributed by atoms with Gasteiger partial charge in [0.1, 0.15) is 23.6 Å². The molecule has 0 saturated carbocycles. The molecule has 3 heterocycles. The summed E-state index contributed by atoms with van der Waals surface area (Å²) in [5, 5.41) is 7.48. The van der Waals surface area contributed by atoms with Crippen molar-refractivity contribution < 1.29 is 14.3 Å². The molecule has 2 fully saturated rings. The smallest absolute Gasteiger partial charge is 0.321 e. The number of carbonyl (C=O) groups is 1. The van der Waals surface area contributed by atoms with Crippen molar-refractivity contribution in [3.63, 3.8) is 0 Å². The number of hydrogen-bond acceptors (Lipinski definition) is 7. The summed E-state index contributed by atoms with van der Waals surface area (Å²) in [6.07, 6.45) is 6.60. The van der Waals surface area contributed by atoms with E-state index in [2.05, 4.69) is 31.6 Å². The standard InChI is InChI=1S/C30H40N6O3/c1-22(2)39-25-9-7-24(8-10-25)34-30(37)36-16-14-35(15-17-36)29-27-12-11-26(19-28(27)32-21-33-29)38-18-4-6-23-5-3-13-31-20-23/h7-12,19,21-23,31H,3-6,13-18,20H2,1-2H3,(H,34,37). The first-order chi connectivity index (χ1) is 19.0. The highest BCUT2D eigenvalue weighted by Crippen LogP contribution is 2.28. The third-order valence-electron chi connectivity index (χ3n) is 7.36. The Bertz CT molecular complexity index is 1220. The highest BCUT2D eigenvalue weighted by Gasteiger charge is 2.23. The Morgan fingerprint density at radius 3 is 2.62 bits per heavy atom. The van der Waals surface area contributed by atoms with Gasteiger partial charge in [0.15, 0.2) is 0 Å². The predicted molar refractivity (Wildman–Crippen MR) is 155 cm³/mol. The quantitative estimate of drug-likeness (QED) is 0.378. The zero-order valence-corrected chi connectivity index (χ0v) is 23.1. The van der Waals surface area contributed by atoms with Crippen LogP contribution in [0.4, 0.5) is 16.3 Å². The molecular formula is C30H40N6O3. The molecule has 5 rings (SSSR count). The Hall–Kier alpha value is -3.59. The number of anilines is 2. The van der Waals surface area contributed by atoms with Crippen LogP contribution in [0.5, 0.6) is 11.5 Å². The van der Waals surface area contributed by atoms with E-state index in [1.165, 1.54) is 19.3 Å². The molecule has 2 aliphatic heterocycles. The number of benzene rings is 2. The zero-order valence-electron chi connectivity index (χ0n) is 23.1. The van der Waals surface area contributed by atoms with E-state index in [4.69, 9.17) is 9.47 Å². The van der Waals surface area contributed by atoms with Crippen LogP contribution in [0.2, 0.25) is 0 Å². The first-order valence-corrected chi connectivity index (χ1v) is 14.2. The van der Waals surface area contributed by atoms with Gasteiger partial charge < -0.3 is 29.9 Å². The Labute approximate surface area is 230 Å². The summed E-state index contributed by atoms with van der Waals surface area (Å²) >= 11 is 0. The average molecular weight is 533 g/mol. The molecule has 2 aromatic carbocycles. The maximum Gasteiger partial charge on any atom is 0.321 e. The molecule has 0 aliphatic carbocycles. The van der Waals surface area contributed by atoms with Crippen molar-refractivity contribution >= 4 is 28.4 Å². The van der Waals surface area contributed by atoms with Crippen molar-refractivity contribution in [3.05, 3.63) is 48.8 Å². The van der Waals surface area contributed by atoms with Crippen molar-refractivity contribution in [2.75, 3.05) is 56.1 Å². The lowest BCUT2D eigenvalue weighted by Gasteiger charge is -2.35. The number of piperidine rings is 1. The zero-order chi connectivity index (χ0) is 27.0. The molecule has 208 valence electrons. The molecule has 0 spiro atoms. The van der Waals surface area contributed by atoms with Crippen LogP contribution >= 0.6 is 0 Å². The van der Waals surface area contributed by atoms with Gasteiger partial charge in [-0.15, -0.1) is 0 Å². The van der Waals surface area contributed by atoms with Gasteiger partial charge in [0.05, 0.1) is 18.2 Å². The van der Waals surface area contributed by atoms with Crippen molar-refractivity contribution in [2.45, 2.75) is 45.6 Å². The molecule has 2 N–H and O–H groups in total. The topological polar surface area (TPSA) is 91.9 Å². The fourth-order valence-corrected chi connectivity index (χ4v) is 5.31. The van der Waals surface area contributed by atoms with Gasteiger partial charge in [-0.1, -0.05) is 0 Å². The highest BCUT2D eigenvalue weighted by atomic mass is 16.5. The first kappa shape index (κ1) is 27.0. The summed E-state index contributed by atoms with van der Waals surface area (Å²) in [4.78, 5) is 26.0. The number of amides is 2. The van der Waals surface area contributed by atoms with Gasteiger partial charge in [-0.2, -0.15) is 0 Å². The number of piperazine rings is 1. The number of ether oxygens (including phenoxy) is 2. The molecule has 9 heteroatoms. The summed E-state index contributed by atoms with van der Waals surface area (Å²) in [7, 11) is 0. The molecule has 1 atom stereocenters. The molecule has 39 heavy (non-hydrogen) atoms. The van der Waals surface area contributed by atoms with E-state index in [9.17, 15) is 4.79 Å². The Kier molecular flexibility index (Phi) is 8.98. The SMILES string of the molecule is CC(C)Oc1ccc(NC(=O)N2CCN(c3ncnc4cc(OCCCC5CCCNC5)ccc34)CC2)cc1. The van der Waals surface area contributed by atoms with E-state index < -0.39 is 0 Å². The maximum absolute atomic E-state index is 12.8. The minimum absolute atomic E-state index is 0.0961. The number of rotatable bonds is 9. The van der Waals surface area contributed by atoms with Gasteiger partial charge in [-0.3, -0.25) is 0 Å². The lowest BCUT2D eigenvalue weighted by Crippen LogP contribution is -2.50. The second kappa shape index (κ2) is 13.0. The van der Waals surface area contributed by atoms with Crippen LogP contribution in [0, 0.1) is 5.92 Å². The van der Waals surface area contributed by atoms with Crippen LogP contribution < -0.4 is 25.0 Å². The van der Waals surface area contributed by atoms with Crippen LogP contribution in [0.25, 0.3) is 10.9 Å². The molecular weight excluding hydrogens is 492 g/mol. The number of nitrogens with zero attached hydrogens (tertiary/aromatic N) is 4. The van der Waals surface area contributed by atoms with Crippen LogP contribution in [0.3, 0.4) is 0 Å². The fourth-order valence-electron chi connectivity index (χ4n) is 5.31. The van der Waals surface area contributed by atoms with E-state index >= 15 is 0 Å². The van der Waals surface area contributed by atoms with Gasteiger partial charge >= 0.3 is 6.03 Å². The van der Waals surface area contributed by atoms with Crippen molar-refractivity contribution in [1.29, 1.82) is 0 Å². The number of hydrogen-bond donors (Lipinski definition) is 2. The summed E-state index contributed by atoms with van der Waals surface area (Å²) in [5.41, 5.74) is 1.63. The summed E-state index contributed by atoms with van der Waals surface area (Å²) in [6, 6.07) is 13.5. The third-order valence-corrected chi connectivity index (χ3v) is 7.36. The monoisotopic (exact) mass is 532 g/mol. The highest BCUT2D eigenvalue weighted by molar-refractivity contribution is 5.91. The minimum atomic E-state index is -0.0961. The van der Waals surface area contributed by atoms with Gasteiger partial charge in [0, 0.05) is 43.3 Å². The fraction of sp³-hybridized carbons (Fsp3) is 0.500. The molecule has 2 aliphatic rings. The molecule has 2 amide bonds. The third kappa shape index (κ3) is 7.29. The largest absolute Gasteiger partial charge is 0.494 e. The number of aromatic nitrogens is 2. The molecule has 2 saturated heterocycles. The summed E-state index contributed by atoms with van der Waals surface area (Å²) < 4.78 is 11.7. The van der Waals surface area contributed by atoms with Gasteiger partial charge in [0.25, 0.3) is 0 Å². The number of carbonyl (C=O) groups excluding carboxylic acids is 1. The van der Waals surface area contributed by atoms with Crippen molar-refractivity contribution in [1.82, 2.24) is 20.2 Å². The summed E-state index contributed by atoms with van der Waals surface area (Å²) in [6.45, 7) is 9.63. The van der Waals surface area contributed by atoms with Gasteiger partial charge in [-0.25, -0.2) is 14.8 Å². The number of nitrogens with one attached hydrogen (secondary N) is 2. The van der Waals surface area contributed by atoms with Gasteiger partial charge in [0.2, 0.25) is 0 Å². The van der Waals surface area contributed by atoms with E-state index in [0.717, 1.165) is 65.9 Å². The maximum atomic E-state index is 12.8. The minimum Gasteiger partial charge on any atom is -0.494 e.